The number of nitrogens with zero attached hydrogens (tertiary/aromatic N) is 2. The quantitative estimate of drug-likeness (QED) is 0.527. The van der Waals surface area contributed by atoms with Crippen LogP contribution >= 0.6 is 0 Å². The van der Waals surface area contributed by atoms with Gasteiger partial charge in [-0.2, -0.15) is 0 Å². The van der Waals surface area contributed by atoms with Crippen LogP contribution in [0.25, 0.3) is 10.9 Å². The molecular formula is C25H30FN3O4. The first kappa shape index (κ1) is 24.2. The normalized spacial score (nSPS) is 12.0. The summed E-state index contributed by atoms with van der Waals surface area (Å²) in [6.45, 7) is 8.49. The smallest absolute Gasteiger partial charge is 0.331 e. The fourth-order valence-corrected chi connectivity index (χ4v) is 3.86. The number of benzene rings is 2. The van der Waals surface area contributed by atoms with E-state index in [0.29, 0.717) is 41.9 Å². The topological polar surface area (TPSA) is 82.3 Å². The Hall–Kier alpha value is -3.42. The Morgan fingerprint density at radius 3 is 2.48 bits per heavy atom. The van der Waals surface area contributed by atoms with Crippen LogP contribution in [-0.2, 0) is 17.9 Å². The first-order chi connectivity index (χ1) is 15.7. The second kappa shape index (κ2) is 10.5. The number of hydrogen-bond donors (Lipinski definition) is 1. The van der Waals surface area contributed by atoms with Crippen molar-refractivity contribution in [1.29, 1.82) is 0 Å². The molecule has 1 aromatic heterocycles. The average molecular weight is 456 g/mol. The molecule has 3 rings (SSSR count). The fourth-order valence-electron chi connectivity index (χ4n) is 3.86. The van der Waals surface area contributed by atoms with Gasteiger partial charge in [-0.1, -0.05) is 6.92 Å². The summed E-state index contributed by atoms with van der Waals surface area (Å²) in [5.74, 6) is 0.228. The van der Waals surface area contributed by atoms with Crippen molar-refractivity contribution in [2.45, 2.75) is 53.6 Å². The maximum absolute atomic E-state index is 13.2. The summed E-state index contributed by atoms with van der Waals surface area (Å²) in [4.78, 5) is 37.8. The number of fused-ring (bicyclic) bond motifs is 1. The van der Waals surface area contributed by atoms with Gasteiger partial charge in [-0.05, 0) is 75.1 Å². The summed E-state index contributed by atoms with van der Waals surface area (Å²) < 4.78 is 21.7. The number of carbonyl (C=O) groups is 1. The van der Waals surface area contributed by atoms with Crippen LogP contribution < -0.4 is 21.3 Å². The van der Waals surface area contributed by atoms with Crippen molar-refractivity contribution < 1.29 is 13.9 Å². The van der Waals surface area contributed by atoms with Crippen molar-refractivity contribution in [3.63, 3.8) is 0 Å². The van der Waals surface area contributed by atoms with Crippen LogP contribution in [0.1, 0.15) is 39.2 Å². The Morgan fingerprint density at radius 2 is 1.82 bits per heavy atom. The minimum absolute atomic E-state index is 0.0637. The minimum atomic E-state index is -0.361. The second-order valence-corrected chi connectivity index (χ2v) is 8.21. The molecule has 1 atom stereocenters. The van der Waals surface area contributed by atoms with Gasteiger partial charge in [-0.15, -0.1) is 0 Å². The molecule has 0 saturated carbocycles. The summed E-state index contributed by atoms with van der Waals surface area (Å²) >= 11 is 0. The lowest BCUT2D eigenvalue weighted by atomic mass is 10.0. The molecule has 0 radical (unpaired) electrons. The van der Waals surface area contributed by atoms with Gasteiger partial charge in [-0.3, -0.25) is 18.7 Å². The maximum atomic E-state index is 13.2. The van der Waals surface area contributed by atoms with Crippen LogP contribution in [0.5, 0.6) is 5.75 Å². The van der Waals surface area contributed by atoms with Crippen molar-refractivity contribution in [3.05, 3.63) is 68.6 Å². The Morgan fingerprint density at radius 1 is 1.09 bits per heavy atom. The molecule has 0 fully saturated rings. The SMILES string of the molecule is CCn1c(=O)c2cc(NC(=O)CC(C)CCOc3ccc(F)cc3C)ccc2n(CC)c1=O. The number of halogens is 1. The zero-order chi connectivity index (χ0) is 24.1. The minimum Gasteiger partial charge on any atom is -0.493 e. The molecule has 1 N–H and O–H groups in total. The number of nitrogens with one attached hydrogen (secondary N) is 1. The standard InChI is InChI=1S/C25H30FN3O4/c1-5-28-21-9-8-19(15-20(21)24(31)29(6-2)25(28)32)27-23(30)13-16(3)11-12-33-22-10-7-18(26)14-17(22)4/h7-10,14-16H,5-6,11-13H2,1-4H3,(H,27,30). The lowest BCUT2D eigenvalue weighted by Crippen LogP contribution is -2.39. The van der Waals surface area contributed by atoms with E-state index >= 15 is 0 Å². The predicted molar refractivity (Wildman–Crippen MR) is 127 cm³/mol. The zero-order valence-electron chi connectivity index (χ0n) is 19.5. The third kappa shape index (κ3) is 5.50. The predicted octanol–water partition coefficient (Wildman–Crippen LogP) is 4.08. The van der Waals surface area contributed by atoms with Crippen LogP contribution in [0.15, 0.2) is 46.0 Å². The van der Waals surface area contributed by atoms with Crippen LogP contribution in [0.4, 0.5) is 10.1 Å². The average Bonchev–Trinajstić information content (AvgIpc) is 2.76. The molecule has 0 aliphatic heterocycles. The van der Waals surface area contributed by atoms with E-state index in [0.717, 1.165) is 5.56 Å². The number of hydrogen-bond acceptors (Lipinski definition) is 4. The van der Waals surface area contributed by atoms with Crippen LogP contribution in [0, 0.1) is 18.7 Å². The number of carbonyl (C=O) groups excluding carboxylic acids is 1. The lowest BCUT2D eigenvalue weighted by molar-refractivity contribution is -0.117. The number of ether oxygens (including phenoxy) is 1. The molecule has 7 nitrogen and oxygen atoms in total. The van der Waals surface area contributed by atoms with Gasteiger partial charge in [0.1, 0.15) is 11.6 Å². The van der Waals surface area contributed by atoms with Gasteiger partial charge in [-0.25, -0.2) is 9.18 Å². The molecule has 0 bridgehead atoms. The van der Waals surface area contributed by atoms with E-state index in [9.17, 15) is 18.8 Å². The van der Waals surface area contributed by atoms with Gasteiger partial charge >= 0.3 is 5.69 Å². The molecule has 1 unspecified atom stereocenters. The first-order valence-corrected chi connectivity index (χ1v) is 11.2. The summed E-state index contributed by atoms with van der Waals surface area (Å²) in [6.07, 6.45) is 0.948. The van der Waals surface area contributed by atoms with E-state index in [1.165, 1.54) is 16.7 Å². The number of rotatable bonds is 9. The molecular weight excluding hydrogens is 425 g/mol. The van der Waals surface area contributed by atoms with Crippen molar-refractivity contribution in [1.82, 2.24) is 9.13 Å². The van der Waals surface area contributed by atoms with Gasteiger partial charge in [0.25, 0.3) is 5.56 Å². The highest BCUT2D eigenvalue weighted by Crippen LogP contribution is 2.20. The summed E-state index contributed by atoms with van der Waals surface area (Å²) in [5.41, 5.74) is 1.10. The van der Waals surface area contributed by atoms with Crippen LogP contribution in [-0.4, -0.2) is 21.6 Å². The number of aryl methyl sites for hydroxylation is 2. The summed E-state index contributed by atoms with van der Waals surface area (Å²) in [7, 11) is 0. The summed E-state index contributed by atoms with van der Waals surface area (Å²) in [6, 6.07) is 9.40. The van der Waals surface area contributed by atoms with E-state index in [2.05, 4.69) is 5.32 Å². The van der Waals surface area contributed by atoms with Gasteiger partial charge in [0.05, 0.1) is 17.5 Å². The fraction of sp³-hybridized carbons (Fsp3) is 0.400. The number of amides is 1. The molecule has 0 aliphatic carbocycles. The van der Waals surface area contributed by atoms with E-state index in [1.807, 2.05) is 13.8 Å². The van der Waals surface area contributed by atoms with E-state index in [-0.39, 0.29) is 41.9 Å². The molecule has 1 amide bonds. The summed E-state index contributed by atoms with van der Waals surface area (Å²) in [5, 5.41) is 3.24. The largest absolute Gasteiger partial charge is 0.493 e. The van der Waals surface area contributed by atoms with Crippen molar-refractivity contribution in [3.8, 4) is 5.75 Å². The molecule has 0 aliphatic rings. The first-order valence-electron chi connectivity index (χ1n) is 11.2. The highest BCUT2D eigenvalue weighted by Gasteiger charge is 2.14. The molecule has 0 spiro atoms. The molecule has 176 valence electrons. The van der Waals surface area contributed by atoms with Gasteiger partial charge in [0.15, 0.2) is 0 Å². The Labute approximate surface area is 191 Å². The van der Waals surface area contributed by atoms with E-state index in [1.54, 1.807) is 42.7 Å². The molecule has 33 heavy (non-hydrogen) atoms. The van der Waals surface area contributed by atoms with Crippen molar-refractivity contribution >= 4 is 22.5 Å². The van der Waals surface area contributed by atoms with Crippen molar-refractivity contribution in [2.24, 2.45) is 5.92 Å². The maximum Gasteiger partial charge on any atom is 0.331 e. The molecule has 0 saturated heterocycles. The molecule has 1 heterocycles. The number of anilines is 1. The number of aromatic nitrogens is 2. The Balaban J connectivity index is 1.64. The van der Waals surface area contributed by atoms with E-state index in [4.69, 9.17) is 4.74 Å². The third-order valence-corrected chi connectivity index (χ3v) is 5.68. The molecule has 8 heteroatoms. The van der Waals surface area contributed by atoms with Gasteiger partial charge in [0, 0.05) is 25.2 Å². The Bertz CT molecular complexity index is 1280. The zero-order valence-corrected chi connectivity index (χ0v) is 19.5. The van der Waals surface area contributed by atoms with Gasteiger partial charge < -0.3 is 10.1 Å². The Kier molecular flexibility index (Phi) is 7.68. The van der Waals surface area contributed by atoms with E-state index < -0.39 is 0 Å². The van der Waals surface area contributed by atoms with Gasteiger partial charge in [0.2, 0.25) is 5.91 Å². The van der Waals surface area contributed by atoms with Crippen molar-refractivity contribution in [2.75, 3.05) is 11.9 Å². The second-order valence-electron chi connectivity index (χ2n) is 8.21. The molecule has 3 aromatic rings. The van der Waals surface area contributed by atoms with Crippen LogP contribution in [0.3, 0.4) is 0 Å². The third-order valence-electron chi connectivity index (χ3n) is 5.68. The highest BCUT2D eigenvalue weighted by atomic mass is 19.1. The highest BCUT2D eigenvalue weighted by molar-refractivity contribution is 5.93. The van der Waals surface area contributed by atoms with Crippen LogP contribution in [0.2, 0.25) is 0 Å². The lowest BCUT2D eigenvalue weighted by Gasteiger charge is -2.15. The molecule has 2 aromatic carbocycles. The monoisotopic (exact) mass is 455 g/mol.